The summed E-state index contributed by atoms with van der Waals surface area (Å²) in [5.41, 5.74) is 10.5. The van der Waals surface area contributed by atoms with E-state index < -0.39 is 5.91 Å². The number of nitrogens with one attached hydrogen (secondary N) is 2. The first-order valence-electron chi connectivity index (χ1n) is 4.09. The molecule has 0 aliphatic carbocycles. The molecule has 0 aliphatic heterocycles. The molecule has 5 nitrogen and oxygen atoms in total. The fourth-order valence-corrected chi connectivity index (χ4v) is 0.727. The van der Waals surface area contributed by atoms with Gasteiger partial charge in [-0.25, -0.2) is 0 Å². The van der Waals surface area contributed by atoms with Crippen LogP contribution in [0.5, 0.6) is 0 Å². The third-order valence-electron chi connectivity index (χ3n) is 1.71. The number of carbonyl (C=O) groups is 1. The van der Waals surface area contributed by atoms with Gasteiger partial charge in [-0.2, -0.15) is 0 Å². The van der Waals surface area contributed by atoms with Gasteiger partial charge >= 0.3 is 0 Å². The quantitative estimate of drug-likeness (QED) is 0.347. The van der Waals surface area contributed by atoms with E-state index in [2.05, 4.69) is 5.32 Å². The van der Waals surface area contributed by atoms with Gasteiger partial charge in [0.2, 0.25) is 0 Å². The molecule has 0 aromatic heterocycles. The first-order valence-corrected chi connectivity index (χ1v) is 4.09. The Hall–Kier alpha value is -1.52. The Morgan fingerprint density at radius 1 is 1.62 bits per heavy atom. The van der Waals surface area contributed by atoms with Crippen molar-refractivity contribution in [3.63, 3.8) is 0 Å². The molecule has 0 aliphatic rings. The van der Waals surface area contributed by atoms with Crippen LogP contribution in [0.1, 0.15) is 20.3 Å². The average Bonchev–Trinajstić information content (AvgIpc) is 2.04. The monoisotopic (exact) mass is 184 g/mol. The number of nitrogens with two attached hydrogens (primary N) is 2. The van der Waals surface area contributed by atoms with Crippen molar-refractivity contribution in [2.24, 2.45) is 11.5 Å². The zero-order valence-corrected chi connectivity index (χ0v) is 7.92. The highest BCUT2D eigenvalue weighted by Gasteiger charge is 2.08. The van der Waals surface area contributed by atoms with Crippen molar-refractivity contribution in [1.29, 1.82) is 5.41 Å². The molecule has 0 saturated heterocycles. The Morgan fingerprint density at radius 2 is 2.15 bits per heavy atom. The van der Waals surface area contributed by atoms with Gasteiger partial charge in [0.1, 0.15) is 5.82 Å². The minimum Gasteiger partial charge on any atom is -0.385 e. The van der Waals surface area contributed by atoms with Crippen LogP contribution >= 0.6 is 0 Å². The number of hydrogen-bond donors (Lipinski definition) is 4. The Bertz CT molecular complexity index is 234. The number of rotatable bonds is 5. The van der Waals surface area contributed by atoms with Crippen LogP contribution in [0.4, 0.5) is 0 Å². The van der Waals surface area contributed by atoms with Crippen molar-refractivity contribution in [2.75, 3.05) is 0 Å². The van der Waals surface area contributed by atoms with Crippen LogP contribution in [0.3, 0.4) is 0 Å². The Morgan fingerprint density at radius 3 is 2.46 bits per heavy atom. The summed E-state index contributed by atoms with van der Waals surface area (Å²) < 4.78 is 0. The molecule has 6 N–H and O–H groups in total. The smallest absolute Gasteiger partial charge is 0.253 e. The van der Waals surface area contributed by atoms with Gasteiger partial charge in [0.25, 0.3) is 5.91 Å². The van der Waals surface area contributed by atoms with Gasteiger partial charge in [-0.3, -0.25) is 4.79 Å². The molecule has 0 heterocycles. The standard InChI is InChI=1S/C8H16N4O/c1-3-5(2)12-7(10)6(4-9)8(11)13/h4-5,9,12H,3,10H2,1-2H3,(H2,11,13)/b7-6-,9-4?/t5-/m0/s1. The van der Waals surface area contributed by atoms with E-state index in [0.29, 0.717) is 0 Å². The van der Waals surface area contributed by atoms with Crippen molar-refractivity contribution in [1.82, 2.24) is 5.32 Å². The number of carbonyl (C=O) groups excluding carboxylic acids is 1. The summed E-state index contributed by atoms with van der Waals surface area (Å²) in [5, 5.41) is 9.79. The lowest BCUT2D eigenvalue weighted by molar-refractivity contribution is -0.114. The summed E-state index contributed by atoms with van der Waals surface area (Å²) in [5.74, 6) is -0.528. The van der Waals surface area contributed by atoms with Gasteiger partial charge < -0.3 is 22.2 Å². The largest absolute Gasteiger partial charge is 0.385 e. The van der Waals surface area contributed by atoms with E-state index in [0.717, 1.165) is 12.6 Å². The van der Waals surface area contributed by atoms with Crippen molar-refractivity contribution in [3.8, 4) is 0 Å². The van der Waals surface area contributed by atoms with E-state index in [9.17, 15) is 4.79 Å². The summed E-state index contributed by atoms with van der Waals surface area (Å²) in [4.78, 5) is 10.7. The second-order valence-corrected chi connectivity index (χ2v) is 2.79. The van der Waals surface area contributed by atoms with Gasteiger partial charge in [-0.05, 0) is 13.3 Å². The molecule has 0 rings (SSSR count). The summed E-state index contributed by atoms with van der Waals surface area (Å²) in [6, 6.07) is 0.161. The summed E-state index contributed by atoms with van der Waals surface area (Å²) in [7, 11) is 0. The second kappa shape index (κ2) is 5.18. The molecule has 0 aromatic rings. The maximum absolute atomic E-state index is 10.7. The van der Waals surface area contributed by atoms with Crippen LogP contribution in [0.15, 0.2) is 11.4 Å². The Kier molecular flexibility index (Phi) is 4.58. The Balaban J connectivity index is 4.57. The van der Waals surface area contributed by atoms with E-state index in [1.807, 2.05) is 13.8 Å². The van der Waals surface area contributed by atoms with Crippen LogP contribution in [-0.2, 0) is 4.79 Å². The zero-order valence-electron chi connectivity index (χ0n) is 7.92. The van der Waals surface area contributed by atoms with Crippen LogP contribution < -0.4 is 16.8 Å². The van der Waals surface area contributed by atoms with Crippen LogP contribution in [-0.4, -0.2) is 18.2 Å². The maximum Gasteiger partial charge on any atom is 0.253 e. The van der Waals surface area contributed by atoms with Gasteiger partial charge in [-0.15, -0.1) is 0 Å². The number of primary amides is 1. The predicted octanol–water partition coefficient (Wildman–Crippen LogP) is -0.320. The molecular weight excluding hydrogens is 168 g/mol. The normalized spacial score (nSPS) is 14.3. The Labute approximate surface area is 77.7 Å². The molecule has 0 saturated carbocycles. The molecule has 0 fully saturated rings. The second-order valence-electron chi connectivity index (χ2n) is 2.79. The molecule has 0 radical (unpaired) electrons. The minimum absolute atomic E-state index is 0.0142. The highest BCUT2D eigenvalue weighted by Crippen LogP contribution is 1.95. The highest BCUT2D eigenvalue weighted by molar-refractivity contribution is 6.11. The maximum atomic E-state index is 10.7. The topological polar surface area (TPSA) is 105 Å². The first-order chi connectivity index (χ1) is 6.02. The van der Waals surface area contributed by atoms with E-state index in [1.54, 1.807) is 0 Å². The van der Waals surface area contributed by atoms with Crippen molar-refractivity contribution >= 4 is 12.1 Å². The average molecular weight is 184 g/mol. The predicted molar refractivity (Wildman–Crippen MR) is 52.1 cm³/mol. The molecule has 0 aromatic carbocycles. The van der Waals surface area contributed by atoms with Gasteiger partial charge in [-0.1, -0.05) is 6.92 Å². The molecule has 0 unspecified atom stereocenters. The SMILES string of the molecule is CC[C@H](C)N/C(N)=C(/C=N)C(N)=O. The van der Waals surface area contributed by atoms with Crippen LogP contribution in [0.2, 0.25) is 0 Å². The van der Waals surface area contributed by atoms with Crippen molar-refractivity contribution < 1.29 is 4.79 Å². The molecule has 1 amide bonds. The van der Waals surface area contributed by atoms with E-state index in [4.69, 9.17) is 16.9 Å². The summed E-state index contributed by atoms with van der Waals surface area (Å²) in [6.07, 6.45) is 1.73. The third-order valence-corrected chi connectivity index (χ3v) is 1.71. The molecule has 74 valence electrons. The lowest BCUT2D eigenvalue weighted by atomic mass is 10.2. The summed E-state index contributed by atoms with van der Waals surface area (Å²) in [6.45, 7) is 3.91. The molecule has 0 bridgehead atoms. The fraction of sp³-hybridized carbons (Fsp3) is 0.500. The first kappa shape index (κ1) is 11.5. The van der Waals surface area contributed by atoms with Gasteiger partial charge in [0.05, 0.1) is 5.57 Å². The highest BCUT2D eigenvalue weighted by atomic mass is 16.1. The van der Waals surface area contributed by atoms with E-state index in [1.165, 1.54) is 0 Å². The third kappa shape index (κ3) is 3.59. The fourth-order valence-electron chi connectivity index (χ4n) is 0.727. The molecular formula is C8H16N4O. The van der Waals surface area contributed by atoms with Gasteiger partial charge in [0, 0.05) is 12.3 Å². The minimum atomic E-state index is -0.691. The van der Waals surface area contributed by atoms with E-state index >= 15 is 0 Å². The zero-order chi connectivity index (χ0) is 10.4. The lowest BCUT2D eigenvalue weighted by Crippen LogP contribution is -2.33. The number of amides is 1. The number of hydrogen-bond acceptors (Lipinski definition) is 4. The molecule has 1 atom stereocenters. The van der Waals surface area contributed by atoms with Crippen LogP contribution in [0, 0.1) is 5.41 Å². The molecule has 13 heavy (non-hydrogen) atoms. The van der Waals surface area contributed by atoms with Gasteiger partial charge in [0.15, 0.2) is 0 Å². The van der Waals surface area contributed by atoms with Crippen molar-refractivity contribution in [2.45, 2.75) is 26.3 Å². The lowest BCUT2D eigenvalue weighted by Gasteiger charge is -2.14. The van der Waals surface area contributed by atoms with Crippen molar-refractivity contribution in [3.05, 3.63) is 11.4 Å². The summed E-state index contributed by atoms with van der Waals surface area (Å²) >= 11 is 0. The molecule has 0 spiro atoms. The molecule has 5 heteroatoms. The van der Waals surface area contributed by atoms with E-state index in [-0.39, 0.29) is 17.4 Å². The van der Waals surface area contributed by atoms with Crippen LogP contribution in [0.25, 0.3) is 0 Å².